The Balaban J connectivity index is 1.81. The number of carbonyl (C=O) groups excluding carboxylic acids is 4. The minimum Gasteiger partial charge on any atom is -0.464 e. The number of unbranched alkanes of at least 4 members (excludes halogenated alkanes) is 1. The van der Waals surface area contributed by atoms with Crippen LogP contribution in [0, 0.1) is 0 Å². The van der Waals surface area contributed by atoms with Gasteiger partial charge in [-0.15, -0.1) is 11.8 Å². The van der Waals surface area contributed by atoms with Crippen molar-refractivity contribution in [2.24, 2.45) is 0 Å². The van der Waals surface area contributed by atoms with Gasteiger partial charge in [0.05, 0.1) is 24.0 Å². The number of benzene rings is 1. The molecule has 8 nitrogen and oxygen atoms in total. The summed E-state index contributed by atoms with van der Waals surface area (Å²) in [7, 11) is 0. The van der Waals surface area contributed by atoms with Crippen molar-refractivity contribution in [3.05, 3.63) is 29.8 Å². The second-order valence-electron chi connectivity index (χ2n) is 6.45. The van der Waals surface area contributed by atoms with Gasteiger partial charge in [0.25, 0.3) is 0 Å². The third kappa shape index (κ3) is 7.08. The molecule has 1 saturated heterocycles. The molecule has 0 aliphatic carbocycles. The van der Waals surface area contributed by atoms with Crippen LogP contribution in [0.15, 0.2) is 24.3 Å². The van der Waals surface area contributed by atoms with Gasteiger partial charge in [-0.1, -0.05) is 13.3 Å². The zero-order chi connectivity index (χ0) is 21.2. The van der Waals surface area contributed by atoms with E-state index in [-0.39, 0.29) is 24.8 Å². The highest BCUT2D eigenvalue weighted by atomic mass is 32.2. The normalized spacial score (nSPS) is 18.5. The van der Waals surface area contributed by atoms with Gasteiger partial charge in [-0.3, -0.25) is 9.59 Å². The van der Waals surface area contributed by atoms with E-state index in [0.29, 0.717) is 23.6 Å². The molecule has 29 heavy (non-hydrogen) atoms. The number of hydrogen-bond donors (Lipinski definition) is 2. The molecule has 0 unspecified atom stereocenters. The van der Waals surface area contributed by atoms with E-state index >= 15 is 0 Å². The topological polar surface area (TPSA) is 111 Å². The summed E-state index contributed by atoms with van der Waals surface area (Å²) in [5, 5.41) is 4.73. The number of carbonyl (C=O) groups is 4. The summed E-state index contributed by atoms with van der Waals surface area (Å²) < 4.78 is 10.0. The molecule has 2 rings (SSSR count). The molecule has 0 aromatic heterocycles. The van der Waals surface area contributed by atoms with Crippen LogP contribution in [0.2, 0.25) is 0 Å². The summed E-state index contributed by atoms with van der Waals surface area (Å²) >= 11 is 1.25. The molecular formula is C20H26N2O6S. The lowest BCUT2D eigenvalue weighted by Crippen LogP contribution is -2.51. The van der Waals surface area contributed by atoms with Crippen molar-refractivity contribution >= 4 is 41.2 Å². The minimum absolute atomic E-state index is 0.0210. The van der Waals surface area contributed by atoms with Gasteiger partial charge < -0.3 is 20.1 Å². The van der Waals surface area contributed by atoms with Crippen LogP contribution in [0.5, 0.6) is 0 Å². The molecule has 1 aliphatic heterocycles. The van der Waals surface area contributed by atoms with Gasteiger partial charge in [0.15, 0.2) is 0 Å². The third-order valence-electron chi connectivity index (χ3n) is 4.15. The quantitative estimate of drug-likeness (QED) is 0.463. The molecule has 1 aromatic rings. The molecule has 0 bridgehead atoms. The number of ether oxygens (including phenoxy) is 2. The Morgan fingerprint density at radius 2 is 1.90 bits per heavy atom. The Morgan fingerprint density at radius 1 is 1.17 bits per heavy atom. The third-order valence-corrected chi connectivity index (χ3v) is 5.46. The molecule has 1 aromatic carbocycles. The highest BCUT2D eigenvalue weighted by molar-refractivity contribution is 8.00. The van der Waals surface area contributed by atoms with Gasteiger partial charge in [0.1, 0.15) is 6.04 Å². The largest absolute Gasteiger partial charge is 0.464 e. The molecule has 0 spiro atoms. The number of rotatable bonds is 9. The number of amides is 2. The summed E-state index contributed by atoms with van der Waals surface area (Å²) in [6.45, 7) is 4.34. The van der Waals surface area contributed by atoms with Gasteiger partial charge in [-0.05, 0) is 37.6 Å². The number of anilines is 1. The zero-order valence-electron chi connectivity index (χ0n) is 16.6. The van der Waals surface area contributed by atoms with E-state index in [0.717, 1.165) is 12.8 Å². The lowest BCUT2D eigenvalue weighted by Gasteiger charge is -2.27. The maximum atomic E-state index is 12.2. The lowest BCUT2D eigenvalue weighted by molar-refractivity contribution is -0.146. The molecule has 0 radical (unpaired) electrons. The van der Waals surface area contributed by atoms with E-state index in [1.165, 1.54) is 11.8 Å². The van der Waals surface area contributed by atoms with Crippen molar-refractivity contribution in [2.45, 2.75) is 44.4 Å². The lowest BCUT2D eigenvalue weighted by atomic mass is 10.2. The van der Waals surface area contributed by atoms with Crippen LogP contribution in [-0.2, 0) is 23.9 Å². The smallest absolute Gasteiger partial charge is 0.338 e. The fourth-order valence-corrected chi connectivity index (χ4v) is 3.71. The molecule has 158 valence electrons. The summed E-state index contributed by atoms with van der Waals surface area (Å²) in [6.07, 6.45) is 1.74. The first kappa shape index (κ1) is 22.7. The fourth-order valence-electron chi connectivity index (χ4n) is 2.58. The average Bonchev–Trinajstić information content (AvgIpc) is 2.70. The molecular weight excluding hydrogens is 396 g/mol. The van der Waals surface area contributed by atoms with E-state index in [1.807, 2.05) is 6.92 Å². The Labute approximate surface area is 174 Å². The van der Waals surface area contributed by atoms with Gasteiger partial charge in [0.2, 0.25) is 11.8 Å². The number of thioether (sulfide) groups is 1. The predicted molar refractivity (Wildman–Crippen MR) is 110 cm³/mol. The molecule has 9 heteroatoms. The van der Waals surface area contributed by atoms with Crippen molar-refractivity contribution in [3.8, 4) is 0 Å². The Morgan fingerprint density at radius 3 is 2.52 bits per heavy atom. The summed E-state index contributed by atoms with van der Waals surface area (Å²) in [6, 6.07) is 5.70. The standard InChI is InChI=1S/C20H26N2O6S/c1-3-5-10-28-19(25)13-6-8-14(9-7-13)21-17(23)11-16-18(24)22-15(12-29-16)20(26)27-4-2/h6-9,15-16H,3-5,10-12H2,1-2H3,(H,21,23)(H,22,24)/t15-,16-/m0/s1. The van der Waals surface area contributed by atoms with Crippen molar-refractivity contribution in [1.82, 2.24) is 5.32 Å². The SMILES string of the molecule is CCCCOC(=O)c1ccc(NC(=O)C[C@@H]2SC[C@@H](C(=O)OCC)NC2=O)cc1. The van der Waals surface area contributed by atoms with Gasteiger partial charge in [-0.2, -0.15) is 0 Å². The monoisotopic (exact) mass is 422 g/mol. The van der Waals surface area contributed by atoms with Crippen molar-refractivity contribution in [1.29, 1.82) is 0 Å². The molecule has 2 amide bonds. The molecule has 0 saturated carbocycles. The van der Waals surface area contributed by atoms with Crippen LogP contribution in [0.4, 0.5) is 5.69 Å². The van der Waals surface area contributed by atoms with Gasteiger partial charge >= 0.3 is 11.9 Å². The Kier molecular flexibility index (Phi) is 8.98. The number of hydrogen-bond acceptors (Lipinski definition) is 7. The van der Waals surface area contributed by atoms with Crippen LogP contribution in [0.3, 0.4) is 0 Å². The highest BCUT2D eigenvalue weighted by Gasteiger charge is 2.34. The maximum absolute atomic E-state index is 12.2. The average molecular weight is 423 g/mol. The first-order valence-corrected chi connectivity index (χ1v) is 10.6. The first-order valence-electron chi connectivity index (χ1n) is 9.60. The van der Waals surface area contributed by atoms with Crippen LogP contribution in [0.1, 0.15) is 43.5 Å². The summed E-state index contributed by atoms with van der Waals surface area (Å²) in [5.74, 6) is -1.20. The van der Waals surface area contributed by atoms with Crippen molar-refractivity contribution < 1.29 is 28.7 Å². The summed E-state index contributed by atoms with van der Waals surface area (Å²) in [5.41, 5.74) is 0.928. The van der Waals surface area contributed by atoms with Crippen LogP contribution < -0.4 is 10.6 Å². The van der Waals surface area contributed by atoms with Gasteiger partial charge in [-0.25, -0.2) is 9.59 Å². The van der Waals surface area contributed by atoms with Crippen molar-refractivity contribution in [2.75, 3.05) is 24.3 Å². The van der Waals surface area contributed by atoms with E-state index in [9.17, 15) is 19.2 Å². The van der Waals surface area contributed by atoms with Crippen LogP contribution in [-0.4, -0.2) is 54.0 Å². The van der Waals surface area contributed by atoms with E-state index in [2.05, 4.69) is 10.6 Å². The summed E-state index contributed by atoms with van der Waals surface area (Å²) in [4.78, 5) is 48.0. The Bertz CT molecular complexity index is 737. The Hall–Kier alpha value is -2.55. The van der Waals surface area contributed by atoms with Crippen LogP contribution >= 0.6 is 11.8 Å². The fraction of sp³-hybridized carbons (Fsp3) is 0.500. The van der Waals surface area contributed by atoms with Gasteiger partial charge in [0, 0.05) is 17.9 Å². The molecule has 2 atom stereocenters. The molecule has 1 heterocycles. The van der Waals surface area contributed by atoms with E-state index < -0.39 is 23.2 Å². The molecule has 1 aliphatic rings. The minimum atomic E-state index is -0.684. The van der Waals surface area contributed by atoms with Crippen LogP contribution in [0.25, 0.3) is 0 Å². The highest BCUT2D eigenvalue weighted by Crippen LogP contribution is 2.22. The number of nitrogens with one attached hydrogen (secondary N) is 2. The predicted octanol–water partition coefficient (Wildman–Crippen LogP) is 2.14. The molecule has 2 N–H and O–H groups in total. The zero-order valence-corrected chi connectivity index (χ0v) is 17.4. The number of esters is 2. The van der Waals surface area contributed by atoms with Crippen molar-refractivity contribution in [3.63, 3.8) is 0 Å². The maximum Gasteiger partial charge on any atom is 0.338 e. The van der Waals surface area contributed by atoms with E-state index in [4.69, 9.17) is 9.47 Å². The second kappa shape index (κ2) is 11.5. The second-order valence-corrected chi connectivity index (χ2v) is 7.69. The molecule has 1 fully saturated rings. The van der Waals surface area contributed by atoms with E-state index in [1.54, 1.807) is 31.2 Å². The first-order chi connectivity index (χ1) is 13.9.